The van der Waals surface area contributed by atoms with Gasteiger partial charge in [0.1, 0.15) is 11.6 Å². The fourth-order valence-corrected chi connectivity index (χ4v) is 3.31. The van der Waals surface area contributed by atoms with Gasteiger partial charge in [-0.15, -0.1) is 11.8 Å². The van der Waals surface area contributed by atoms with Gasteiger partial charge < -0.3 is 10.1 Å². The van der Waals surface area contributed by atoms with Crippen LogP contribution in [0.2, 0.25) is 0 Å². The molecule has 5 heteroatoms. The second-order valence-electron chi connectivity index (χ2n) is 4.49. The third kappa shape index (κ3) is 4.46. The van der Waals surface area contributed by atoms with Crippen LogP contribution in [-0.2, 0) is 0 Å². The molecule has 0 fully saturated rings. The molecule has 1 unspecified atom stereocenters. The summed E-state index contributed by atoms with van der Waals surface area (Å²) in [5, 5.41) is 3.23. The molecule has 0 aliphatic rings. The van der Waals surface area contributed by atoms with Crippen molar-refractivity contribution in [3.63, 3.8) is 0 Å². The molecule has 0 saturated carbocycles. The Morgan fingerprint density at radius 2 is 1.95 bits per heavy atom. The molecule has 0 spiro atoms. The van der Waals surface area contributed by atoms with Crippen LogP contribution < -0.4 is 10.1 Å². The molecule has 2 rings (SSSR count). The van der Waals surface area contributed by atoms with Crippen LogP contribution in [0.25, 0.3) is 0 Å². The molecule has 0 aliphatic heterocycles. The number of hydrogen-bond donors (Lipinski definition) is 1. The number of thioether (sulfide) groups is 1. The lowest BCUT2D eigenvalue weighted by molar-refractivity contribution is 0.402. The number of methoxy groups -OCH3 is 1. The minimum atomic E-state index is -0.250. The summed E-state index contributed by atoms with van der Waals surface area (Å²) in [6.45, 7) is 0. The first-order valence-electron chi connectivity index (χ1n) is 6.53. The topological polar surface area (TPSA) is 21.3 Å². The maximum absolute atomic E-state index is 13.5. The molecule has 1 atom stereocenters. The van der Waals surface area contributed by atoms with Gasteiger partial charge in [0.2, 0.25) is 0 Å². The molecule has 2 nitrogen and oxygen atoms in total. The third-order valence-electron chi connectivity index (χ3n) is 3.15. The van der Waals surface area contributed by atoms with Gasteiger partial charge in [0, 0.05) is 26.7 Å². The molecular weight excluding hydrogens is 353 g/mol. The average Bonchev–Trinajstić information content (AvgIpc) is 2.50. The van der Waals surface area contributed by atoms with Crippen molar-refractivity contribution < 1.29 is 9.13 Å². The Morgan fingerprint density at radius 3 is 2.57 bits per heavy atom. The van der Waals surface area contributed by atoms with Crippen molar-refractivity contribution in [1.82, 2.24) is 5.32 Å². The second kappa shape index (κ2) is 7.82. The Kier molecular flexibility index (Phi) is 6.08. The fourth-order valence-electron chi connectivity index (χ4n) is 2.02. The van der Waals surface area contributed by atoms with Crippen LogP contribution in [0.1, 0.15) is 11.6 Å². The van der Waals surface area contributed by atoms with Gasteiger partial charge in [-0.2, -0.15) is 0 Å². The van der Waals surface area contributed by atoms with Crippen molar-refractivity contribution in [1.29, 1.82) is 0 Å². The summed E-state index contributed by atoms with van der Waals surface area (Å²) >= 11 is 5.14. The zero-order valence-corrected chi connectivity index (χ0v) is 14.3. The Balaban J connectivity index is 2.12. The quantitative estimate of drug-likeness (QED) is 0.748. The normalized spacial score (nSPS) is 12.2. The molecule has 1 N–H and O–H groups in total. The van der Waals surface area contributed by atoms with Crippen LogP contribution in [0.15, 0.2) is 51.8 Å². The molecule has 0 heterocycles. The van der Waals surface area contributed by atoms with Crippen LogP contribution in [0.5, 0.6) is 5.75 Å². The van der Waals surface area contributed by atoms with E-state index >= 15 is 0 Å². The van der Waals surface area contributed by atoms with E-state index in [0.717, 1.165) is 15.8 Å². The van der Waals surface area contributed by atoms with Gasteiger partial charge in [-0.1, -0.05) is 15.9 Å². The van der Waals surface area contributed by atoms with Gasteiger partial charge >= 0.3 is 0 Å². The lowest BCUT2D eigenvalue weighted by atomic mass is 10.1. The number of ether oxygens (including phenoxy) is 1. The number of hydrogen-bond acceptors (Lipinski definition) is 3. The molecule has 21 heavy (non-hydrogen) atoms. The molecule has 2 aromatic carbocycles. The highest BCUT2D eigenvalue weighted by molar-refractivity contribution is 9.10. The molecule has 0 bridgehead atoms. The fraction of sp³-hybridized carbons (Fsp3) is 0.250. The Bertz CT molecular complexity index is 591. The van der Waals surface area contributed by atoms with Crippen LogP contribution >= 0.6 is 27.7 Å². The maximum Gasteiger partial charge on any atom is 0.123 e. The Labute approximate surface area is 137 Å². The molecule has 0 amide bonds. The molecule has 0 aromatic heterocycles. The van der Waals surface area contributed by atoms with Crippen molar-refractivity contribution in [3.8, 4) is 5.75 Å². The maximum atomic E-state index is 13.5. The van der Waals surface area contributed by atoms with Gasteiger partial charge in [0.15, 0.2) is 0 Å². The van der Waals surface area contributed by atoms with Gasteiger partial charge in [0.25, 0.3) is 0 Å². The number of benzene rings is 2. The summed E-state index contributed by atoms with van der Waals surface area (Å²) in [6, 6.07) is 12.8. The zero-order valence-electron chi connectivity index (χ0n) is 11.9. The van der Waals surface area contributed by atoms with E-state index in [4.69, 9.17) is 4.74 Å². The first-order valence-corrected chi connectivity index (χ1v) is 8.31. The van der Waals surface area contributed by atoms with E-state index in [-0.39, 0.29) is 11.9 Å². The molecule has 2 aromatic rings. The van der Waals surface area contributed by atoms with Crippen molar-refractivity contribution in [3.05, 3.63) is 58.3 Å². The first kappa shape index (κ1) is 16.3. The predicted octanol–water partition coefficient (Wildman–Crippen LogP) is 4.65. The van der Waals surface area contributed by atoms with Gasteiger partial charge in [-0.25, -0.2) is 4.39 Å². The highest BCUT2D eigenvalue weighted by Gasteiger charge is 2.15. The molecule has 112 valence electrons. The first-order chi connectivity index (χ1) is 10.1. The van der Waals surface area contributed by atoms with Gasteiger partial charge in [0.05, 0.1) is 7.11 Å². The SMILES string of the molecule is CNC(CSc1ccc(Br)cc1)c1cc(F)ccc1OC. The lowest BCUT2D eigenvalue weighted by Crippen LogP contribution is -2.19. The Morgan fingerprint density at radius 1 is 1.24 bits per heavy atom. The summed E-state index contributed by atoms with van der Waals surface area (Å²) in [6.07, 6.45) is 0. The minimum Gasteiger partial charge on any atom is -0.496 e. The average molecular weight is 370 g/mol. The van der Waals surface area contributed by atoms with Gasteiger partial charge in [-0.3, -0.25) is 0 Å². The highest BCUT2D eigenvalue weighted by atomic mass is 79.9. The summed E-state index contributed by atoms with van der Waals surface area (Å²) in [7, 11) is 3.47. The van der Waals surface area contributed by atoms with Crippen LogP contribution in [-0.4, -0.2) is 19.9 Å². The predicted molar refractivity (Wildman–Crippen MR) is 89.6 cm³/mol. The lowest BCUT2D eigenvalue weighted by Gasteiger charge is -2.19. The number of nitrogens with one attached hydrogen (secondary N) is 1. The van der Waals surface area contributed by atoms with E-state index in [9.17, 15) is 4.39 Å². The standard InChI is InChI=1S/C16H17BrFNOS/c1-19-15(10-21-13-6-3-11(17)4-7-13)14-9-12(18)5-8-16(14)20-2/h3-9,15,19H,10H2,1-2H3. The minimum absolute atomic E-state index is 0.0179. The van der Waals surface area contributed by atoms with E-state index in [2.05, 4.69) is 33.4 Å². The largest absolute Gasteiger partial charge is 0.496 e. The van der Waals surface area contributed by atoms with Crippen molar-refractivity contribution in [2.75, 3.05) is 19.9 Å². The summed E-state index contributed by atoms with van der Waals surface area (Å²) in [4.78, 5) is 1.17. The van der Waals surface area contributed by atoms with Crippen LogP contribution in [0, 0.1) is 5.82 Å². The smallest absolute Gasteiger partial charge is 0.123 e. The zero-order chi connectivity index (χ0) is 15.2. The highest BCUT2D eigenvalue weighted by Crippen LogP contribution is 2.31. The van der Waals surface area contributed by atoms with E-state index < -0.39 is 0 Å². The molecule has 0 aliphatic carbocycles. The molecule has 0 saturated heterocycles. The van der Waals surface area contributed by atoms with Crippen molar-refractivity contribution in [2.45, 2.75) is 10.9 Å². The summed E-state index contributed by atoms with van der Waals surface area (Å²) in [5.74, 6) is 1.24. The number of halogens is 2. The summed E-state index contributed by atoms with van der Waals surface area (Å²) in [5.41, 5.74) is 0.838. The van der Waals surface area contributed by atoms with E-state index in [0.29, 0.717) is 5.75 Å². The molecular formula is C16H17BrFNOS. The second-order valence-corrected chi connectivity index (χ2v) is 6.50. The summed E-state index contributed by atoms with van der Waals surface area (Å²) < 4.78 is 19.9. The number of rotatable bonds is 6. The van der Waals surface area contributed by atoms with Gasteiger partial charge in [-0.05, 0) is 49.5 Å². The van der Waals surface area contributed by atoms with E-state index in [1.807, 2.05) is 19.2 Å². The third-order valence-corrected chi connectivity index (χ3v) is 4.78. The van der Waals surface area contributed by atoms with Crippen LogP contribution in [0.3, 0.4) is 0 Å². The molecule has 0 radical (unpaired) electrons. The Hall–Kier alpha value is -1.04. The van der Waals surface area contributed by atoms with E-state index in [1.165, 1.54) is 17.0 Å². The van der Waals surface area contributed by atoms with Crippen LogP contribution in [0.4, 0.5) is 4.39 Å². The van der Waals surface area contributed by atoms with Crippen molar-refractivity contribution in [2.24, 2.45) is 0 Å². The van der Waals surface area contributed by atoms with E-state index in [1.54, 1.807) is 24.9 Å². The monoisotopic (exact) mass is 369 g/mol. The van der Waals surface area contributed by atoms with Crippen molar-refractivity contribution >= 4 is 27.7 Å².